The van der Waals surface area contributed by atoms with Crippen molar-refractivity contribution in [2.24, 2.45) is 0 Å². The van der Waals surface area contributed by atoms with Crippen LogP contribution in [0.4, 0.5) is 0 Å². The van der Waals surface area contributed by atoms with E-state index in [0.29, 0.717) is 0 Å². The molecule has 1 aliphatic rings. The van der Waals surface area contributed by atoms with E-state index in [9.17, 15) is 0 Å². The molecule has 0 unspecified atom stereocenters. The predicted octanol–water partition coefficient (Wildman–Crippen LogP) is 6.83. The molecule has 4 aromatic rings. The Kier molecular flexibility index (Phi) is 4.08. The van der Waals surface area contributed by atoms with Crippen LogP contribution in [0.25, 0.3) is 22.3 Å². The number of rotatable bonds is 4. The molecule has 0 spiro atoms. The zero-order valence-corrected chi connectivity index (χ0v) is 15.0. The monoisotopic (exact) mass is 348 g/mol. The molecule has 1 heteroatoms. The minimum atomic E-state index is 0.164. The van der Waals surface area contributed by atoms with Gasteiger partial charge in [0, 0.05) is 0 Å². The Labute approximate surface area is 159 Å². The molecule has 0 aliphatic carbocycles. The summed E-state index contributed by atoms with van der Waals surface area (Å²) in [6.07, 6.45) is 0.329. The van der Waals surface area contributed by atoms with E-state index in [2.05, 4.69) is 97.1 Å². The van der Waals surface area contributed by atoms with Crippen LogP contribution >= 0.6 is 0 Å². The van der Waals surface area contributed by atoms with Crippen molar-refractivity contribution in [2.45, 2.75) is 12.2 Å². The lowest BCUT2D eigenvalue weighted by Crippen LogP contribution is -1.86. The van der Waals surface area contributed by atoms with Crippen molar-refractivity contribution < 1.29 is 4.74 Å². The molecule has 0 bridgehead atoms. The van der Waals surface area contributed by atoms with Gasteiger partial charge in [0.1, 0.15) is 12.2 Å². The summed E-state index contributed by atoms with van der Waals surface area (Å²) in [7, 11) is 0. The van der Waals surface area contributed by atoms with Crippen LogP contribution in [0.1, 0.15) is 23.3 Å². The van der Waals surface area contributed by atoms with E-state index in [-0.39, 0.29) is 12.2 Å². The van der Waals surface area contributed by atoms with Gasteiger partial charge in [0.2, 0.25) is 0 Å². The van der Waals surface area contributed by atoms with Crippen LogP contribution in [0, 0.1) is 0 Å². The fraction of sp³-hybridized carbons (Fsp3) is 0.0769. The molecule has 4 aromatic carbocycles. The van der Waals surface area contributed by atoms with Crippen LogP contribution in [-0.2, 0) is 4.74 Å². The number of epoxide rings is 1. The fourth-order valence-electron chi connectivity index (χ4n) is 3.61. The average molecular weight is 348 g/mol. The maximum atomic E-state index is 5.98. The Hall–Kier alpha value is -3.16. The summed E-state index contributed by atoms with van der Waals surface area (Å²) in [5.41, 5.74) is 7.45. The molecule has 130 valence electrons. The van der Waals surface area contributed by atoms with Crippen molar-refractivity contribution in [1.82, 2.24) is 0 Å². The Morgan fingerprint density at radius 3 is 1.07 bits per heavy atom. The van der Waals surface area contributed by atoms with E-state index in [4.69, 9.17) is 4.74 Å². The van der Waals surface area contributed by atoms with Crippen LogP contribution in [0.5, 0.6) is 0 Å². The first kappa shape index (κ1) is 16.0. The number of ether oxygens (including phenoxy) is 1. The van der Waals surface area contributed by atoms with E-state index >= 15 is 0 Å². The maximum Gasteiger partial charge on any atom is 0.114 e. The molecule has 1 nitrogen and oxygen atoms in total. The van der Waals surface area contributed by atoms with Crippen LogP contribution in [0.2, 0.25) is 0 Å². The lowest BCUT2D eigenvalue weighted by molar-refractivity contribution is 0.378. The highest BCUT2D eigenvalue weighted by Crippen LogP contribution is 2.51. The van der Waals surface area contributed by atoms with Crippen molar-refractivity contribution in [2.75, 3.05) is 0 Å². The molecule has 1 aliphatic heterocycles. The average Bonchev–Trinajstić information content (AvgIpc) is 3.56. The third-order valence-electron chi connectivity index (χ3n) is 5.18. The molecule has 0 aromatic heterocycles. The second kappa shape index (κ2) is 6.86. The second-order valence-electron chi connectivity index (χ2n) is 6.95. The topological polar surface area (TPSA) is 12.5 Å². The molecule has 27 heavy (non-hydrogen) atoms. The first-order valence-electron chi connectivity index (χ1n) is 9.35. The van der Waals surface area contributed by atoms with Crippen LogP contribution in [0.3, 0.4) is 0 Å². The minimum absolute atomic E-state index is 0.164. The summed E-state index contributed by atoms with van der Waals surface area (Å²) in [4.78, 5) is 0. The molecule has 1 saturated heterocycles. The van der Waals surface area contributed by atoms with Crippen LogP contribution in [0.15, 0.2) is 109 Å². The number of benzene rings is 4. The first-order chi connectivity index (χ1) is 13.4. The molecule has 5 rings (SSSR count). The Balaban J connectivity index is 1.31. The van der Waals surface area contributed by atoms with Gasteiger partial charge in [-0.25, -0.2) is 0 Å². The van der Waals surface area contributed by atoms with Gasteiger partial charge in [-0.1, -0.05) is 109 Å². The SMILES string of the molecule is c1ccc(-c2ccc([C@H]3O[C@@H]3c3ccc(-c4ccccc4)cc3)cc2)cc1. The highest BCUT2D eigenvalue weighted by molar-refractivity contribution is 5.64. The summed E-state index contributed by atoms with van der Waals surface area (Å²) in [5.74, 6) is 0. The fourth-order valence-corrected chi connectivity index (χ4v) is 3.61. The van der Waals surface area contributed by atoms with Gasteiger partial charge >= 0.3 is 0 Å². The Morgan fingerprint density at radius 2 is 0.704 bits per heavy atom. The van der Waals surface area contributed by atoms with Crippen molar-refractivity contribution >= 4 is 0 Å². The second-order valence-corrected chi connectivity index (χ2v) is 6.95. The van der Waals surface area contributed by atoms with Gasteiger partial charge in [-0.15, -0.1) is 0 Å². The molecular formula is C26H20O. The minimum Gasteiger partial charge on any atom is -0.359 e. The summed E-state index contributed by atoms with van der Waals surface area (Å²) < 4.78 is 5.98. The summed E-state index contributed by atoms with van der Waals surface area (Å²) in [6.45, 7) is 0. The molecule has 0 saturated carbocycles. The van der Waals surface area contributed by atoms with Crippen LogP contribution in [-0.4, -0.2) is 0 Å². The highest BCUT2D eigenvalue weighted by atomic mass is 16.6. The summed E-state index contributed by atoms with van der Waals surface area (Å²) in [6, 6.07) is 38.4. The van der Waals surface area contributed by atoms with Gasteiger partial charge in [0.15, 0.2) is 0 Å². The zero-order valence-electron chi connectivity index (χ0n) is 15.0. The molecule has 1 heterocycles. The largest absolute Gasteiger partial charge is 0.359 e. The van der Waals surface area contributed by atoms with E-state index < -0.39 is 0 Å². The van der Waals surface area contributed by atoms with Crippen molar-refractivity contribution in [3.8, 4) is 22.3 Å². The van der Waals surface area contributed by atoms with Gasteiger partial charge in [-0.05, 0) is 33.4 Å². The predicted molar refractivity (Wildman–Crippen MR) is 110 cm³/mol. The van der Waals surface area contributed by atoms with Crippen LogP contribution < -0.4 is 0 Å². The van der Waals surface area contributed by atoms with Crippen molar-refractivity contribution in [1.29, 1.82) is 0 Å². The van der Waals surface area contributed by atoms with Crippen molar-refractivity contribution in [3.63, 3.8) is 0 Å². The lowest BCUT2D eigenvalue weighted by Gasteiger charge is -2.04. The van der Waals surface area contributed by atoms with E-state index in [1.807, 2.05) is 12.1 Å². The Morgan fingerprint density at radius 1 is 0.370 bits per heavy atom. The summed E-state index contributed by atoms with van der Waals surface area (Å²) >= 11 is 0. The highest BCUT2D eigenvalue weighted by Gasteiger charge is 2.41. The molecule has 2 atom stereocenters. The smallest absolute Gasteiger partial charge is 0.114 e. The van der Waals surface area contributed by atoms with Gasteiger partial charge < -0.3 is 4.74 Å². The third-order valence-corrected chi connectivity index (χ3v) is 5.18. The lowest BCUT2D eigenvalue weighted by atomic mass is 9.99. The number of hydrogen-bond donors (Lipinski definition) is 0. The molecule has 0 amide bonds. The zero-order chi connectivity index (χ0) is 18.1. The van der Waals surface area contributed by atoms with E-state index in [1.54, 1.807) is 0 Å². The summed E-state index contributed by atoms with van der Waals surface area (Å²) in [5, 5.41) is 0. The number of hydrogen-bond acceptors (Lipinski definition) is 1. The van der Waals surface area contributed by atoms with E-state index in [1.165, 1.54) is 33.4 Å². The normalized spacial score (nSPS) is 18.2. The van der Waals surface area contributed by atoms with Gasteiger partial charge in [-0.2, -0.15) is 0 Å². The first-order valence-corrected chi connectivity index (χ1v) is 9.35. The Bertz CT molecular complexity index is 932. The van der Waals surface area contributed by atoms with Gasteiger partial charge in [0.05, 0.1) is 0 Å². The maximum absolute atomic E-state index is 5.98. The molecule has 0 N–H and O–H groups in total. The van der Waals surface area contributed by atoms with Gasteiger partial charge in [0.25, 0.3) is 0 Å². The molecule has 1 fully saturated rings. The molecular weight excluding hydrogens is 328 g/mol. The third kappa shape index (κ3) is 3.30. The quantitative estimate of drug-likeness (QED) is 0.368. The van der Waals surface area contributed by atoms with Gasteiger partial charge in [-0.3, -0.25) is 0 Å². The molecule has 0 radical (unpaired) electrons. The van der Waals surface area contributed by atoms with Crippen molar-refractivity contribution in [3.05, 3.63) is 120 Å². The standard InChI is InChI=1S/C26H20O/c1-3-7-19(8-4-1)21-11-15-23(16-12-21)25-26(27-25)24-17-13-22(14-18-24)20-9-5-2-6-10-20/h1-18,25-26H/t25-,26-/m1/s1. The van der Waals surface area contributed by atoms with E-state index in [0.717, 1.165) is 0 Å².